The second kappa shape index (κ2) is 5.48. The van der Waals surface area contributed by atoms with E-state index in [1.807, 2.05) is 0 Å². The Balaban J connectivity index is 2.01. The second-order valence-corrected chi connectivity index (χ2v) is 3.94. The van der Waals surface area contributed by atoms with E-state index in [9.17, 15) is 13.6 Å². The maximum absolute atomic E-state index is 13.2. The fraction of sp³-hybridized carbons (Fsp3) is 0.0714. The Bertz CT molecular complexity index is 597. The molecule has 0 aliphatic heterocycles. The first kappa shape index (κ1) is 13.0. The normalized spacial score (nSPS) is 10.2. The lowest BCUT2D eigenvalue weighted by Crippen LogP contribution is -2.06. The highest BCUT2D eigenvalue weighted by Gasteiger charge is 2.10. The predicted octanol–water partition coefficient (Wildman–Crippen LogP) is 2.90. The zero-order valence-corrected chi connectivity index (χ0v) is 9.90. The minimum absolute atomic E-state index is 0.00882. The largest absolute Gasteiger partial charge is 0.457 e. The van der Waals surface area contributed by atoms with Crippen molar-refractivity contribution in [2.75, 3.05) is 5.73 Å². The first-order chi connectivity index (χ1) is 9.06. The molecule has 0 aromatic heterocycles. The topological polar surface area (TPSA) is 52.3 Å². The molecule has 3 nitrogen and oxygen atoms in total. The first-order valence-corrected chi connectivity index (χ1v) is 5.53. The molecule has 0 spiro atoms. The lowest BCUT2D eigenvalue weighted by atomic mass is 10.2. The third kappa shape index (κ3) is 3.28. The molecule has 0 radical (unpaired) electrons. The van der Waals surface area contributed by atoms with Gasteiger partial charge in [0.25, 0.3) is 0 Å². The Hall–Kier alpha value is -2.43. The smallest absolute Gasteiger partial charge is 0.338 e. The summed E-state index contributed by atoms with van der Waals surface area (Å²) in [5.41, 5.74) is 5.99. The molecule has 0 aliphatic rings. The maximum atomic E-state index is 13.2. The number of hydrogen-bond acceptors (Lipinski definition) is 3. The molecule has 0 unspecified atom stereocenters. The van der Waals surface area contributed by atoms with Crippen LogP contribution in [0.5, 0.6) is 0 Å². The number of carbonyl (C=O) groups is 1. The number of nitrogen functional groups attached to an aromatic ring is 1. The summed E-state index contributed by atoms with van der Waals surface area (Å²) >= 11 is 0. The molecule has 0 heterocycles. The van der Waals surface area contributed by atoms with Gasteiger partial charge in [-0.15, -0.1) is 0 Å². The number of hydrogen-bond donors (Lipinski definition) is 1. The van der Waals surface area contributed by atoms with Crippen molar-refractivity contribution < 1.29 is 18.3 Å². The highest BCUT2D eigenvalue weighted by molar-refractivity contribution is 5.89. The summed E-state index contributed by atoms with van der Waals surface area (Å²) in [4.78, 5) is 11.6. The zero-order valence-electron chi connectivity index (χ0n) is 9.90. The quantitative estimate of drug-likeness (QED) is 0.684. The number of esters is 1. The molecule has 0 saturated carbocycles. The molecule has 5 heteroatoms. The van der Waals surface area contributed by atoms with Crippen molar-refractivity contribution in [2.45, 2.75) is 6.61 Å². The standard InChI is InChI=1S/C14H11F2NO2/c15-11-4-1-9(2-5-11)8-19-14(18)10-3-6-13(17)12(16)7-10/h1-7H,8,17H2. The molecular weight excluding hydrogens is 252 g/mol. The minimum atomic E-state index is -0.670. The average Bonchev–Trinajstić information content (AvgIpc) is 2.41. The number of rotatable bonds is 3. The van der Waals surface area contributed by atoms with E-state index in [0.29, 0.717) is 5.56 Å². The number of anilines is 1. The second-order valence-electron chi connectivity index (χ2n) is 3.94. The van der Waals surface area contributed by atoms with Crippen molar-refractivity contribution in [3.8, 4) is 0 Å². The van der Waals surface area contributed by atoms with Crippen LogP contribution in [0.25, 0.3) is 0 Å². The average molecular weight is 263 g/mol. The lowest BCUT2D eigenvalue weighted by molar-refractivity contribution is 0.0472. The van der Waals surface area contributed by atoms with Gasteiger partial charge in [-0.25, -0.2) is 13.6 Å². The van der Waals surface area contributed by atoms with E-state index < -0.39 is 11.8 Å². The summed E-state index contributed by atoms with van der Waals surface area (Å²) in [5.74, 6) is -1.70. The first-order valence-electron chi connectivity index (χ1n) is 5.53. The van der Waals surface area contributed by atoms with Gasteiger partial charge in [-0.1, -0.05) is 12.1 Å². The van der Waals surface area contributed by atoms with E-state index in [1.165, 1.54) is 36.4 Å². The molecule has 0 amide bonds. The van der Waals surface area contributed by atoms with Crippen LogP contribution >= 0.6 is 0 Å². The van der Waals surface area contributed by atoms with E-state index in [2.05, 4.69) is 0 Å². The Morgan fingerprint density at radius 2 is 1.79 bits per heavy atom. The Morgan fingerprint density at radius 3 is 2.42 bits per heavy atom. The van der Waals surface area contributed by atoms with Crippen LogP contribution in [0.1, 0.15) is 15.9 Å². The Labute approximate surface area is 108 Å². The van der Waals surface area contributed by atoms with Gasteiger partial charge >= 0.3 is 5.97 Å². The van der Waals surface area contributed by atoms with E-state index in [4.69, 9.17) is 10.5 Å². The maximum Gasteiger partial charge on any atom is 0.338 e. The summed E-state index contributed by atoms with van der Waals surface area (Å²) in [6, 6.07) is 9.24. The van der Waals surface area contributed by atoms with Gasteiger partial charge in [-0.05, 0) is 35.9 Å². The molecular formula is C14H11F2NO2. The highest BCUT2D eigenvalue weighted by atomic mass is 19.1. The summed E-state index contributed by atoms with van der Waals surface area (Å²) in [7, 11) is 0. The van der Waals surface area contributed by atoms with E-state index in [-0.39, 0.29) is 23.7 Å². The van der Waals surface area contributed by atoms with Crippen molar-refractivity contribution in [3.05, 3.63) is 65.2 Å². The summed E-state index contributed by atoms with van der Waals surface area (Å²) in [6.45, 7) is -0.00882. The van der Waals surface area contributed by atoms with E-state index in [1.54, 1.807) is 0 Å². The van der Waals surface area contributed by atoms with Crippen LogP contribution in [0.2, 0.25) is 0 Å². The molecule has 2 aromatic carbocycles. The van der Waals surface area contributed by atoms with E-state index >= 15 is 0 Å². The van der Waals surface area contributed by atoms with Crippen LogP contribution in [-0.2, 0) is 11.3 Å². The van der Waals surface area contributed by atoms with Crippen LogP contribution in [0.4, 0.5) is 14.5 Å². The molecule has 0 bridgehead atoms. The number of ether oxygens (including phenoxy) is 1. The van der Waals surface area contributed by atoms with Gasteiger partial charge in [0.2, 0.25) is 0 Å². The summed E-state index contributed by atoms with van der Waals surface area (Å²) in [6.07, 6.45) is 0. The third-order valence-corrected chi connectivity index (χ3v) is 2.52. The van der Waals surface area contributed by atoms with Crippen LogP contribution in [0.15, 0.2) is 42.5 Å². The fourth-order valence-corrected chi connectivity index (χ4v) is 1.47. The van der Waals surface area contributed by atoms with Crippen molar-refractivity contribution in [3.63, 3.8) is 0 Å². The summed E-state index contributed by atoms with van der Waals surface area (Å²) < 4.78 is 30.8. The SMILES string of the molecule is Nc1ccc(C(=O)OCc2ccc(F)cc2)cc1F. The number of carbonyl (C=O) groups excluding carboxylic acids is 1. The molecule has 19 heavy (non-hydrogen) atoms. The van der Waals surface area contributed by atoms with Crippen LogP contribution in [0.3, 0.4) is 0 Å². The van der Waals surface area contributed by atoms with Gasteiger partial charge in [-0.2, -0.15) is 0 Å². The van der Waals surface area contributed by atoms with Gasteiger partial charge in [0.1, 0.15) is 18.2 Å². The van der Waals surface area contributed by atoms with Gasteiger partial charge in [0.05, 0.1) is 11.3 Å². The number of nitrogens with two attached hydrogens (primary N) is 1. The molecule has 2 aromatic rings. The van der Waals surface area contributed by atoms with Crippen molar-refractivity contribution in [2.24, 2.45) is 0 Å². The number of benzene rings is 2. The Kier molecular flexibility index (Phi) is 3.75. The van der Waals surface area contributed by atoms with Gasteiger partial charge in [-0.3, -0.25) is 0 Å². The molecule has 0 atom stereocenters. The monoisotopic (exact) mass is 263 g/mol. The molecule has 0 saturated heterocycles. The minimum Gasteiger partial charge on any atom is -0.457 e. The van der Waals surface area contributed by atoms with Crippen LogP contribution in [0, 0.1) is 11.6 Å². The lowest BCUT2D eigenvalue weighted by Gasteiger charge is -2.05. The molecule has 2 rings (SSSR count). The van der Waals surface area contributed by atoms with Gasteiger partial charge in [0.15, 0.2) is 0 Å². The summed E-state index contributed by atoms with van der Waals surface area (Å²) in [5, 5.41) is 0. The van der Waals surface area contributed by atoms with Crippen molar-refractivity contribution >= 4 is 11.7 Å². The molecule has 98 valence electrons. The van der Waals surface area contributed by atoms with Crippen LogP contribution < -0.4 is 5.73 Å². The van der Waals surface area contributed by atoms with Crippen molar-refractivity contribution in [1.82, 2.24) is 0 Å². The van der Waals surface area contributed by atoms with Crippen molar-refractivity contribution in [1.29, 1.82) is 0 Å². The highest BCUT2D eigenvalue weighted by Crippen LogP contribution is 2.13. The molecule has 0 aliphatic carbocycles. The third-order valence-electron chi connectivity index (χ3n) is 2.52. The Morgan fingerprint density at radius 1 is 1.11 bits per heavy atom. The fourth-order valence-electron chi connectivity index (χ4n) is 1.47. The number of halogens is 2. The van der Waals surface area contributed by atoms with Crippen LogP contribution in [-0.4, -0.2) is 5.97 Å². The molecule has 2 N–H and O–H groups in total. The van der Waals surface area contributed by atoms with Gasteiger partial charge < -0.3 is 10.5 Å². The van der Waals surface area contributed by atoms with E-state index in [0.717, 1.165) is 6.07 Å². The molecule has 0 fully saturated rings. The zero-order chi connectivity index (χ0) is 13.8. The van der Waals surface area contributed by atoms with Gasteiger partial charge in [0, 0.05) is 0 Å². The predicted molar refractivity (Wildman–Crippen MR) is 66.3 cm³/mol.